The van der Waals surface area contributed by atoms with Crippen molar-refractivity contribution in [3.8, 4) is 11.5 Å². The highest BCUT2D eigenvalue weighted by molar-refractivity contribution is 5.33. The van der Waals surface area contributed by atoms with Crippen LogP contribution in [0, 0.1) is 17.8 Å². The number of piperidine rings is 1. The SMILES string of the molecule is COc1cccc(OC2CN(CC3[C@H]4CNC[C@@H]34)C2)c1. The first-order valence-corrected chi connectivity index (χ1v) is 7.57. The molecule has 108 valence electrons. The van der Waals surface area contributed by atoms with E-state index in [4.69, 9.17) is 9.47 Å². The van der Waals surface area contributed by atoms with Gasteiger partial charge in [-0.3, -0.25) is 4.90 Å². The van der Waals surface area contributed by atoms with Gasteiger partial charge in [-0.2, -0.15) is 0 Å². The van der Waals surface area contributed by atoms with Crippen LogP contribution in [0.3, 0.4) is 0 Å². The minimum atomic E-state index is 0.346. The van der Waals surface area contributed by atoms with E-state index in [1.807, 2.05) is 24.3 Å². The normalized spacial score (nSPS) is 32.5. The van der Waals surface area contributed by atoms with Gasteiger partial charge in [0.05, 0.1) is 7.11 Å². The van der Waals surface area contributed by atoms with Crippen molar-refractivity contribution in [2.24, 2.45) is 17.8 Å². The van der Waals surface area contributed by atoms with Crippen molar-refractivity contribution in [1.82, 2.24) is 10.2 Å². The Bertz CT molecular complexity index is 477. The minimum Gasteiger partial charge on any atom is -0.497 e. The van der Waals surface area contributed by atoms with Crippen LogP contribution in [-0.2, 0) is 0 Å². The van der Waals surface area contributed by atoms with Gasteiger partial charge in [0.1, 0.15) is 17.6 Å². The average molecular weight is 274 g/mol. The number of methoxy groups -OCH3 is 1. The molecule has 3 atom stereocenters. The van der Waals surface area contributed by atoms with Gasteiger partial charge in [0.25, 0.3) is 0 Å². The number of nitrogens with zero attached hydrogens (tertiary/aromatic N) is 1. The first-order chi connectivity index (χ1) is 9.83. The molecule has 1 saturated carbocycles. The number of hydrogen-bond acceptors (Lipinski definition) is 4. The molecule has 0 spiro atoms. The summed E-state index contributed by atoms with van der Waals surface area (Å²) in [7, 11) is 1.69. The molecule has 1 unspecified atom stereocenters. The van der Waals surface area contributed by atoms with Gasteiger partial charge in [-0.05, 0) is 43.0 Å². The fraction of sp³-hybridized carbons (Fsp3) is 0.625. The van der Waals surface area contributed by atoms with Crippen LogP contribution in [-0.4, -0.2) is 50.8 Å². The highest BCUT2D eigenvalue weighted by Gasteiger charge is 2.53. The maximum Gasteiger partial charge on any atom is 0.124 e. The Morgan fingerprint density at radius 2 is 1.95 bits per heavy atom. The fourth-order valence-electron chi connectivity index (χ4n) is 3.73. The molecule has 1 aromatic rings. The third kappa shape index (κ3) is 2.27. The third-order valence-corrected chi connectivity index (χ3v) is 5.01. The monoisotopic (exact) mass is 274 g/mol. The second-order valence-electron chi connectivity index (χ2n) is 6.29. The summed E-state index contributed by atoms with van der Waals surface area (Å²) >= 11 is 0. The molecule has 2 saturated heterocycles. The summed E-state index contributed by atoms with van der Waals surface area (Å²) < 4.78 is 11.2. The maximum absolute atomic E-state index is 5.98. The van der Waals surface area contributed by atoms with Crippen LogP contribution in [0.15, 0.2) is 24.3 Å². The highest BCUT2D eigenvalue weighted by atomic mass is 16.5. The van der Waals surface area contributed by atoms with E-state index < -0.39 is 0 Å². The molecule has 1 aromatic carbocycles. The molecule has 20 heavy (non-hydrogen) atoms. The molecule has 1 aliphatic carbocycles. The lowest BCUT2D eigenvalue weighted by Crippen LogP contribution is -2.54. The van der Waals surface area contributed by atoms with E-state index >= 15 is 0 Å². The molecule has 2 heterocycles. The van der Waals surface area contributed by atoms with Gasteiger partial charge in [-0.25, -0.2) is 0 Å². The second kappa shape index (κ2) is 4.93. The quantitative estimate of drug-likeness (QED) is 0.875. The number of fused-ring (bicyclic) bond motifs is 1. The molecular weight excluding hydrogens is 252 g/mol. The Morgan fingerprint density at radius 3 is 2.70 bits per heavy atom. The molecule has 4 nitrogen and oxygen atoms in total. The van der Waals surface area contributed by atoms with Crippen LogP contribution in [0.4, 0.5) is 0 Å². The van der Waals surface area contributed by atoms with Crippen LogP contribution >= 0.6 is 0 Å². The zero-order valence-corrected chi connectivity index (χ0v) is 11.9. The van der Waals surface area contributed by atoms with Crippen molar-refractivity contribution in [3.05, 3.63) is 24.3 Å². The van der Waals surface area contributed by atoms with E-state index in [0.717, 1.165) is 42.3 Å². The highest BCUT2D eigenvalue weighted by Crippen LogP contribution is 2.49. The molecule has 0 aromatic heterocycles. The van der Waals surface area contributed by atoms with Gasteiger partial charge in [0.15, 0.2) is 0 Å². The van der Waals surface area contributed by atoms with Crippen LogP contribution in [0.25, 0.3) is 0 Å². The lowest BCUT2D eigenvalue weighted by atomic mass is 10.1. The van der Waals surface area contributed by atoms with E-state index in [1.54, 1.807) is 7.11 Å². The second-order valence-corrected chi connectivity index (χ2v) is 6.29. The molecular formula is C16H22N2O2. The van der Waals surface area contributed by atoms with Gasteiger partial charge in [0.2, 0.25) is 0 Å². The maximum atomic E-state index is 5.98. The van der Waals surface area contributed by atoms with E-state index in [-0.39, 0.29) is 0 Å². The topological polar surface area (TPSA) is 33.7 Å². The molecule has 4 heteroatoms. The van der Waals surface area contributed by atoms with Crippen LogP contribution in [0.1, 0.15) is 0 Å². The van der Waals surface area contributed by atoms with E-state index in [2.05, 4.69) is 10.2 Å². The molecule has 0 bridgehead atoms. The van der Waals surface area contributed by atoms with E-state index in [0.29, 0.717) is 6.10 Å². The molecule has 4 rings (SSSR count). The number of likely N-dealkylation sites (tertiary alicyclic amines) is 1. The Hall–Kier alpha value is -1.26. The number of benzene rings is 1. The number of nitrogens with one attached hydrogen (secondary N) is 1. The Balaban J connectivity index is 1.23. The van der Waals surface area contributed by atoms with Crippen molar-refractivity contribution in [2.45, 2.75) is 6.10 Å². The van der Waals surface area contributed by atoms with E-state index in [1.165, 1.54) is 19.6 Å². The lowest BCUT2D eigenvalue weighted by Gasteiger charge is -2.39. The molecule has 0 radical (unpaired) electrons. The Kier molecular flexibility index (Phi) is 3.08. The van der Waals surface area contributed by atoms with Crippen LogP contribution < -0.4 is 14.8 Å². The molecule has 1 N–H and O–H groups in total. The molecule has 2 aliphatic heterocycles. The van der Waals surface area contributed by atoms with Crippen molar-refractivity contribution in [2.75, 3.05) is 39.8 Å². The van der Waals surface area contributed by atoms with Crippen molar-refractivity contribution in [3.63, 3.8) is 0 Å². The van der Waals surface area contributed by atoms with Gasteiger partial charge in [0, 0.05) is 25.7 Å². The number of rotatable bonds is 5. The molecule has 0 amide bonds. The van der Waals surface area contributed by atoms with Crippen LogP contribution in [0.5, 0.6) is 11.5 Å². The molecule has 3 fully saturated rings. The third-order valence-electron chi connectivity index (χ3n) is 5.01. The van der Waals surface area contributed by atoms with Crippen molar-refractivity contribution in [1.29, 1.82) is 0 Å². The predicted octanol–water partition coefficient (Wildman–Crippen LogP) is 1.22. The minimum absolute atomic E-state index is 0.346. The lowest BCUT2D eigenvalue weighted by molar-refractivity contribution is 0.0150. The number of ether oxygens (including phenoxy) is 2. The van der Waals surface area contributed by atoms with Crippen LogP contribution in [0.2, 0.25) is 0 Å². The van der Waals surface area contributed by atoms with Crippen molar-refractivity contribution >= 4 is 0 Å². The van der Waals surface area contributed by atoms with E-state index in [9.17, 15) is 0 Å². The summed E-state index contributed by atoms with van der Waals surface area (Å²) in [5.41, 5.74) is 0. The van der Waals surface area contributed by atoms with Gasteiger partial charge in [-0.15, -0.1) is 0 Å². The summed E-state index contributed by atoms with van der Waals surface area (Å²) in [6, 6.07) is 7.88. The number of hydrogen-bond donors (Lipinski definition) is 1. The zero-order chi connectivity index (χ0) is 13.5. The molecule has 3 aliphatic rings. The Labute approximate surface area is 120 Å². The largest absolute Gasteiger partial charge is 0.497 e. The fourth-order valence-corrected chi connectivity index (χ4v) is 3.73. The summed E-state index contributed by atoms with van der Waals surface area (Å²) in [4.78, 5) is 2.54. The van der Waals surface area contributed by atoms with Gasteiger partial charge < -0.3 is 14.8 Å². The summed E-state index contributed by atoms with van der Waals surface area (Å²) in [6.07, 6.45) is 0.346. The summed E-state index contributed by atoms with van der Waals surface area (Å²) in [5.74, 6) is 4.66. The van der Waals surface area contributed by atoms with Gasteiger partial charge in [-0.1, -0.05) is 6.07 Å². The standard InChI is InChI=1S/C16H22N2O2/c1-19-11-3-2-4-12(5-11)20-13-8-18(9-13)10-16-14-6-17-7-15(14)16/h2-5,13-17H,6-10H2,1H3/t14-,15+,16?. The van der Waals surface area contributed by atoms with Gasteiger partial charge >= 0.3 is 0 Å². The summed E-state index contributed by atoms with van der Waals surface area (Å²) in [5, 5.41) is 3.46. The summed E-state index contributed by atoms with van der Waals surface area (Å²) in [6.45, 7) is 5.90. The first-order valence-electron chi connectivity index (χ1n) is 7.57. The predicted molar refractivity (Wildman–Crippen MR) is 77.2 cm³/mol. The first kappa shape index (κ1) is 12.5. The Morgan fingerprint density at radius 1 is 1.20 bits per heavy atom. The average Bonchev–Trinajstić information content (AvgIpc) is 2.85. The zero-order valence-electron chi connectivity index (χ0n) is 11.9. The van der Waals surface area contributed by atoms with Crippen molar-refractivity contribution < 1.29 is 9.47 Å². The smallest absolute Gasteiger partial charge is 0.124 e.